The maximum Gasteiger partial charge on any atom is 0.329 e. The molecule has 0 aliphatic carbocycles. The second kappa shape index (κ2) is 3.81. The van der Waals surface area contributed by atoms with Crippen LogP contribution in [0.1, 0.15) is 0 Å². The fourth-order valence-electron chi connectivity index (χ4n) is 0.782. The maximum atomic E-state index is 10.4. The fourth-order valence-corrected chi connectivity index (χ4v) is 1.01. The molecule has 0 aliphatic rings. The van der Waals surface area contributed by atoms with Gasteiger partial charge in [-0.05, 0) is 6.07 Å². The Kier molecular flexibility index (Phi) is 2.76. The van der Waals surface area contributed by atoms with Crippen molar-refractivity contribution in [1.82, 2.24) is 4.98 Å². The lowest BCUT2D eigenvalue weighted by Crippen LogP contribution is -2.00. The number of nitrogens with one attached hydrogen (secondary N) is 1. The van der Waals surface area contributed by atoms with Gasteiger partial charge in [0.2, 0.25) is 11.6 Å². The van der Waals surface area contributed by atoms with Gasteiger partial charge in [0.15, 0.2) is 0 Å². The lowest BCUT2D eigenvalue weighted by molar-refractivity contribution is -0.384. The number of carbonyl (C=O) groups is 1. The molecule has 0 saturated heterocycles. The van der Waals surface area contributed by atoms with Gasteiger partial charge in [-0.15, -0.1) is 0 Å². The van der Waals surface area contributed by atoms with Crippen LogP contribution in [-0.4, -0.2) is 16.3 Å². The minimum Gasteiger partial charge on any atom is -0.323 e. The van der Waals surface area contributed by atoms with Crippen molar-refractivity contribution in [3.05, 3.63) is 27.5 Å². The van der Waals surface area contributed by atoms with Gasteiger partial charge >= 0.3 is 5.69 Å². The number of hydrogen-bond donors (Lipinski definition) is 1. The monoisotopic (exact) mass is 201 g/mol. The third-order valence-electron chi connectivity index (χ3n) is 1.28. The lowest BCUT2D eigenvalue weighted by Gasteiger charge is -2.00. The molecule has 68 valence electrons. The summed E-state index contributed by atoms with van der Waals surface area (Å²) in [6.07, 6.45) is 1.60. The Morgan fingerprint density at radius 1 is 1.69 bits per heavy atom. The molecule has 1 heterocycles. The van der Waals surface area contributed by atoms with Crippen LogP contribution in [0.2, 0.25) is 5.15 Å². The van der Waals surface area contributed by atoms with Crippen LogP contribution in [0.25, 0.3) is 0 Å². The van der Waals surface area contributed by atoms with Crippen LogP contribution < -0.4 is 5.32 Å². The van der Waals surface area contributed by atoms with E-state index >= 15 is 0 Å². The molecule has 0 fully saturated rings. The molecule has 1 rings (SSSR count). The molecule has 0 saturated carbocycles. The van der Waals surface area contributed by atoms with Gasteiger partial charge in [0.05, 0.1) is 4.92 Å². The number of pyridine rings is 1. The molecule has 0 aromatic carbocycles. The smallest absolute Gasteiger partial charge is 0.323 e. The Morgan fingerprint density at radius 2 is 2.38 bits per heavy atom. The number of anilines is 1. The maximum absolute atomic E-state index is 10.4. The van der Waals surface area contributed by atoms with Crippen LogP contribution in [0.5, 0.6) is 0 Å². The minimum atomic E-state index is -0.707. The van der Waals surface area contributed by atoms with Crippen molar-refractivity contribution >= 4 is 29.4 Å². The van der Waals surface area contributed by atoms with Crippen LogP contribution in [0.4, 0.5) is 11.4 Å². The highest BCUT2D eigenvalue weighted by Gasteiger charge is 2.18. The van der Waals surface area contributed by atoms with E-state index in [9.17, 15) is 14.9 Å². The van der Waals surface area contributed by atoms with Crippen molar-refractivity contribution in [2.24, 2.45) is 0 Å². The van der Waals surface area contributed by atoms with Gasteiger partial charge in [0.1, 0.15) is 5.69 Å². The van der Waals surface area contributed by atoms with E-state index in [0.717, 1.165) is 0 Å². The average molecular weight is 202 g/mol. The van der Waals surface area contributed by atoms with Crippen LogP contribution in [-0.2, 0) is 4.79 Å². The third kappa shape index (κ3) is 1.91. The molecule has 0 bridgehead atoms. The Bertz CT molecular complexity index is 355. The van der Waals surface area contributed by atoms with Gasteiger partial charge in [-0.3, -0.25) is 14.9 Å². The SMILES string of the molecule is O=CNc1ccnc(Cl)c1[N+](=O)[O-]. The summed E-state index contributed by atoms with van der Waals surface area (Å²) in [6.45, 7) is 0. The highest BCUT2D eigenvalue weighted by molar-refractivity contribution is 6.32. The summed E-state index contributed by atoms with van der Waals surface area (Å²) in [5.74, 6) is 0. The normalized spacial score (nSPS) is 9.31. The standard InChI is InChI=1S/C6H4ClN3O3/c7-6-5(10(12)13)4(9-3-11)1-2-8-6/h1-3H,(H,8,9,11). The van der Waals surface area contributed by atoms with Crippen LogP contribution in [0.3, 0.4) is 0 Å². The van der Waals surface area contributed by atoms with Gasteiger partial charge in [-0.1, -0.05) is 11.6 Å². The molecule has 0 atom stereocenters. The number of halogens is 1. The van der Waals surface area contributed by atoms with Gasteiger partial charge < -0.3 is 5.32 Å². The highest BCUT2D eigenvalue weighted by Crippen LogP contribution is 2.29. The Hall–Kier alpha value is -1.69. The van der Waals surface area contributed by atoms with E-state index in [1.165, 1.54) is 12.3 Å². The third-order valence-corrected chi connectivity index (χ3v) is 1.55. The molecule has 13 heavy (non-hydrogen) atoms. The molecule has 1 amide bonds. The molecule has 0 unspecified atom stereocenters. The van der Waals surface area contributed by atoms with Gasteiger partial charge in [-0.2, -0.15) is 0 Å². The molecule has 1 N–H and O–H groups in total. The molecular weight excluding hydrogens is 198 g/mol. The zero-order valence-corrected chi connectivity index (χ0v) is 6.99. The van der Waals surface area contributed by atoms with Crippen molar-refractivity contribution in [3.63, 3.8) is 0 Å². The van der Waals surface area contributed by atoms with E-state index in [0.29, 0.717) is 6.41 Å². The topological polar surface area (TPSA) is 85.1 Å². The van der Waals surface area contributed by atoms with Crippen molar-refractivity contribution < 1.29 is 9.72 Å². The number of nitrogens with zero attached hydrogens (tertiary/aromatic N) is 2. The summed E-state index contributed by atoms with van der Waals surface area (Å²) >= 11 is 5.45. The van der Waals surface area contributed by atoms with E-state index in [4.69, 9.17) is 11.6 Å². The van der Waals surface area contributed by atoms with E-state index in [1.54, 1.807) is 0 Å². The first-order valence-corrected chi connectivity index (χ1v) is 3.53. The summed E-state index contributed by atoms with van der Waals surface area (Å²) in [6, 6.07) is 1.29. The first-order valence-electron chi connectivity index (χ1n) is 3.16. The summed E-state index contributed by atoms with van der Waals surface area (Å²) in [5, 5.41) is 12.3. The molecule has 6 nitrogen and oxygen atoms in total. The summed E-state index contributed by atoms with van der Waals surface area (Å²) in [4.78, 5) is 23.3. The summed E-state index contributed by atoms with van der Waals surface area (Å²) in [7, 11) is 0. The van der Waals surface area contributed by atoms with Crippen molar-refractivity contribution in [3.8, 4) is 0 Å². The number of nitro groups is 1. The summed E-state index contributed by atoms with van der Waals surface area (Å²) < 4.78 is 0. The summed E-state index contributed by atoms with van der Waals surface area (Å²) in [5.41, 5.74) is -0.378. The van der Waals surface area contributed by atoms with Crippen LogP contribution >= 0.6 is 11.6 Å². The molecule has 1 aromatic rings. The predicted octanol–water partition coefficient (Wildman–Crippen LogP) is 1.21. The van der Waals surface area contributed by atoms with Crippen LogP contribution in [0.15, 0.2) is 12.3 Å². The highest BCUT2D eigenvalue weighted by atomic mass is 35.5. The average Bonchev–Trinajstić information content (AvgIpc) is 2.04. The number of hydrogen-bond acceptors (Lipinski definition) is 4. The zero-order chi connectivity index (χ0) is 9.84. The molecular formula is C6H4ClN3O3. The van der Waals surface area contributed by atoms with Crippen molar-refractivity contribution in [1.29, 1.82) is 0 Å². The molecule has 1 aromatic heterocycles. The van der Waals surface area contributed by atoms with Crippen LogP contribution in [0, 0.1) is 10.1 Å². The Balaban J connectivity index is 3.25. The number of rotatable bonds is 3. The fraction of sp³-hybridized carbons (Fsp3) is 0. The van der Waals surface area contributed by atoms with Gasteiger partial charge in [-0.25, -0.2) is 4.98 Å². The first kappa shape index (κ1) is 9.40. The largest absolute Gasteiger partial charge is 0.329 e. The first-order chi connectivity index (χ1) is 6.16. The Labute approximate surface area is 77.7 Å². The molecule has 0 aliphatic heterocycles. The number of aromatic nitrogens is 1. The number of carbonyl (C=O) groups excluding carboxylic acids is 1. The molecule has 0 radical (unpaired) electrons. The quantitative estimate of drug-likeness (QED) is 0.345. The van der Waals surface area contributed by atoms with Crippen molar-refractivity contribution in [2.75, 3.05) is 5.32 Å². The molecule has 7 heteroatoms. The van der Waals surface area contributed by atoms with Gasteiger partial charge in [0.25, 0.3) is 0 Å². The minimum absolute atomic E-state index is 0.0278. The second-order valence-corrected chi connectivity index (χ2v) is 2.38. The lowest BCUT2D eigenvalue weighted by atomic mass is 10.3. The zero-order valence-electron chi connectivity index (χ0n) is 6.23. The van der Waals surface area contributed by atoms with Gasteiger partial charge in [0, 0.05) is 6.20 Å². The molecule has 0 spiro atoms. The second-order valence-electron chi connectivity index (χ2n) is 2.02. The van der Waals surface area contributed by atoms with E-state index in [2.05, 4.69) is 10.3 Å². The van der Waals surface area contributed by atoms with Crippen molar-refractivity contribution in [2.45, 2.75) is 0 Å². The predicted molar refractivity (Wildman–Crippen MR) is 45.6 cm³/mol. The van der Waals surface area contributed by atoms with E-state index in [-0.39, 0.29) is 10.8 Å². The van der Waals surface area contributed by atoms with E-state index in [1.807, 2.05) is 0 Å². The van der Waals surface area contributed by atoms with E-state index < -0.39 is 10.6 Å². The Morgan fingerprint density at radius 3 is 2.92 bits per heavy atom. The number of amides is 1.